The lowest BCUT2D eigenvalue weighted by atomic mass is 10.2. The van der Waals surface area contributed by atoms with Crippen molar-refractivity contribution in [1.82, 2.24) is 10.2 Å². The number of nitrogens with two attached hydrogens (primary N) is 1. The lowest BCUT2D eigenvalue weighted by Gasteiger charge is -2.23. The molecule has 0 aromatic rings. The molecule has 5 heteroatoms. The van der Waals surface area contributed by atoms with E-state index in [1.54, 1.807) is 0 Å². The zero-order valence-electron chi connectivity index (χ0n) is 10.2. The van der Waals surface area contributed by atoms with Gasteiger partial charge in [-0.15, -0.1) is 0 Å². The molecule has 0 spiro atoms. The number of thiocarbonyl (C=S) groups is 1. The summed E-state index contributed by atoms with van der Waals surface area (Å²) in [6.07, 6.45) is 6.81. The summed E-state index contributed by atoms with van der Waals surface area (Å²) in [7, 11) is 0. The summed E-state index contributed by atoms with van der Waals surface area (Å²) in [6.45, 7) is 1.37. The van der Waals surface area contributed by atoms with Gasteiger partial charge in [-0.1, -0.05) is 25.1 Å². The fourth-order valence-corrected chi connectivity index (χ4v) is 3.13. The Morgan fingerprint density at radius 3 is 2.65 bits per heavy atom. The summed E-state index contributed by atoms with van der Waals surface area (Å²) in [5.74, 6) is 0.125. The third-order valence-corrected chi connectivity index (χ3v) is 4.03. The number of hydrogen-bond acceptors (Lipinski definition) is 3. The quantitative estimate of drug-likeness (QED) is 0.729. The molecule has 4 nitrogen and oxygen atoms in total. The van der Waals surface area contributed by atoms with Crippen molar-refractivity contribution in [2.45, 2.75) is 50.6 Å². The van der Waals surface area contributed by atoms with Gasteiger partial charge in [0.15, 0.2) is 0 Å². The average molecular weight is 255 g/mol. The van der Waals surface area contributed by atoms with Crippen molar-refractivity contribution in [2.24, 2.45) is 5.73 Å². The zero-order chi connectivity index (χ0) is 12.3. The van der Waals surface area contributed by atoms with Crippen molar-refractivity contribution in [3.63, 3.8) is 0 Å². The molecule has 17 heavy (non-hydrogen) atoms. The predicted octanol–water partition coefficient (Wildman–Crippen LogP) is 0.796. The fraction of sp³-hybridized carbons (Fsp3) is 0.833. The Bertz CT molecular complexity index is 302. The molecule has 1 saturated heterocycles. The van der Waals surface area contributed by atoms with Crippen LogP contribution in [0.1, 0.15) is 38.5 Å². The molecule has 0 aromatic carbocycles. The summed E-state index contributed by atoms with van der Waals surface area (Å²) in [6, 6.07) is 0.521. The first kappa shape index (κ1) is 12.8. The molecule has 96 valence electrons. The Morgan fingerprint density at radius 1 is 1.29 bits per heavy atom. The van der Waals surface area contributed by atoms with Gasteiger partial charge >= 0.3 is 0 Å². The van der Waals surface area contributed by atoms with Crippen LogP contribution in [0.4, 0.5) is 0 Å². The molecule has 2 rings (SSSR count). The van der Waals surface area contributed by atoms with E-state index in [9.17, 15) is 4.79 Å². The summed E-state index contributed by atoms with van der Waals surface area (Å²) in [5, 5.41) is 3.10. The molecule has 3 N–H and O–H groups in total. The van der Waals surface area contributed by atoms with Crippen LogP contribution < -0.4 is 11.1 Å². The first-order valence-electron chi connectivity index (χ1n) is 6.49. The monoisotopic (exact) mass is 255 g/mol. The van der Waals surface area contributed by atoms with Crippen LogP contribution in [0.3, 0.4) is 0 Å². The van der Waals surface area contributed by atoms with Crippen LogP contribution in [0, 0.1) is 0 Å². The molecule has 1 aliphatic heterocycles. The van der Waals surface area contributed by atoms with Crippen LogP contribution in [0.5, 0.6) is 0 Å². The molecule has 1 atom stereocenters. The fourth-order valence-electron chi connectivity index (χ4n) is 2.87. The molecule has 1 heterocycles. The van der Waals surface area contributed by atoms with Gasteiger partial charge in [-0.2, -0.15) is 0 Å². The molecule has 0 aromatic heterocycles. The summed E-state index contributed by atoms with van der Waals surface area (Å²) < 4.78 is 0. The van der Waals surface area contributed by atoms with Crippen LogP contribution in [-0.2, 0) is 4.79 Å². The SMILES string of the molecule is NC(=S)C1CCCN1CC(=O)NC1CCCC1. The number of carbonyl (C=O) groups excluding carboxylic acids is 1. The third kappa shape index (κ3) is 3.39. The van der Waals surface area contributed by atoms with Crippen LogP contribution in [0.25, 0.3) is 0 Å². The molecular weight excluding hydrogens is 234 g/mol. The molecule has 0 radical (unpaired) electrons. The predicted molar refractivity (Wildman–Crippen MR) is 71.8 cm³/mol. The topological polar surface area (TPSA) is 58.4 Å². The maximum absolute atomic E-state index is 11.9. The summed E-state index contributed by atoms with van der Waals surface area (Å²) >= 11 is 5.03. The molecule has 1 amide bonds. The number of hydrogen-bond donors (Lipinski definition) is 2. The van der Waals surface area contributed by atoms with E-state index in [0.717, 1.165) is 32.2 Å². The van der Waals surface area contributed by atoms with Crippen molar-refractivity contribution in [1.29, 1.82) is 0 Å². The zero-order valence-corrected chi connectivity index (χ0v) is 11.0. The van der Waals surface area contributed by atoms with Crippen molar-refractivity contribution < 1.29 is 4.79 Å². The summed E-state index contributed by atoms with van der Waals surface area (Å²) in [4.78, 5) is 14.5. The number of nitrogens with zero attached hydrogens (tertiary/aromatic N) is 1. The lowest BCUT2D eigenvalue weighted by molar-refractivity contribution is -0.122. The van der Waals surface area contributed by atoms with Crippen molar-refractivity contribution >= 4 is 23.1 Å². The number of amides is 1. The van der Waals surface area contributed by atoms with Gasteiger partial charge < -0.3 is 11.1 Å². The van der Waals surface area contributed by atoms with Gasteiger partial charge in [0, 0.05) is 6.04 Å². The van der Waals surface area contributed by atoms with Gasteiger partial charge in [-0.3, -0.25) is 9.69 Å². The van der Waals surface area contributed by atoms with Gasteiger partial charge in [0.2, 0.25) is 5.91 Å². The number of carbonyl (C=O) groups is 1. The minimum atomic E-state index is 0.124. The van der Waals surface area contributed by atoms with E-state index in [1.165, 1.54) is 12.8 Å². The smallest absolute Gasteiger partial charge is 0.234 e. The minimum absolute atomic E-state index is 0.124. The molecule has 2 fully saturated rings. The summed E-state index contributed by atoms with van der Waals surface area (Å²) in [5.41, 5.74) is 5.69. The highest BCUT2D eigenvalue weighted by molar-refractivity contribution is 7.80. The molecule has 1 unspecified atom stereocenters. The maximum atomic E-state index is 11.9. The molecule has 1 saturated carbocycles. The Balaban J connectivity index is 1.79. The Hall–Kier alpha value is -0.680. The van der Waals surface area contributed by atoms with E-state index in [2.05, 4.69) is 10.2 Å². The highest BCUT2D eigenvalue weighted by atomic mass is 32.1. The van der Waals surface area contributed by atoms with Crippen LogP contribution in [0.2, 0.25) is 0 Å². The van der Waals surface area contributed by atoms with Gasteiger partial charge in [-0.05, 0) is 32.2 Å². The Morgan fingerprint density at radius 2 is 2.00 bits per heavy atom. The van der Waals surface area contributed by atoms with E-state index in [-0.39, 0.29) is 11.9 Å². The van der Waals surface area contributed by atoms with Gasteiger partial charge in [0.05, 0.1) is 17.6 Å². The molecular formula is C12H21N3OS. The minimum Gasteiger partial charge on any atom is -0.392 e. The second-order valence-corrected chi connectivity index (χ2v) is 5.55. The highest BCUT2D eigenvalue weighted by Crippen LogP contribution is 2.19. The molecule has 1 aliphatic carbocycles. The van der Waals surface area contributed by atoms with Crippen molar-refractivity contribution in [3.8, 4) is 0 Å². The van der Waals surface area contributed by atoms with Crippen molar-refractivity contribution in [2.75, 3.05) is 13.1 Å². The Labute approximate surface area is 108 Å². The van der Waals surface area contributed by atoms with Crippen LogP contribution in [-0.4, -0.2) is 41.0 Å². The first-order chi connectivity index (χ1) is 8.16. The largest absolute Gasteiger partial charge is 0.392 e. The number of rotatable bonds is 4. The van der Waals surface area contributed by atoms with E-state index in [4.69, 9.17) is 18.0 Å². The molecule has 2 aliphatic rings. The standard InChI is InChI=1S/C12H21N3OS/c13-12(17)10-6-3-7-15(10)8-11(16)14-9-4-1-2-5-9/h9-10H,1-8H2,(H2,13,17)(H,14,16). The van der Waals surface area contributed by atoms with Crippen molar-refractivity contribution in [3.05, 3.63) is 0 Å². The first-order valence-corrected chi connectivity index (χ1v) is 6.90. The van der Waals surface area contributed by atoms with E-state index in [0.29, 0.717) is 17.6 Å². The van der Waals surface area contributed by atoms with E-state index in [1.807, 2.05) is 0 Å². The number of likely N-dealkylation sites (tertiary alicyclic amines) is 1. The van der Waals surface area contributed by atoms with Gasteiger partial charge in [0.1, 0.15) is 0 Å². The maximum Gasteiger partial charge on any atom is 0.234 e. The normalized spacial score (nSPS) is 26.2. The van der Waals surface area contributed by atoms with Crippen LogP contribution >= 0.6 is 12.2 Å². The van der Waals surface area contributed by atoms with E-state index >= 15 is 0 Å². The second-order valence-electron chi connectivity index (χ2n) is 5.08. The Kier molecular flexibility index (Phi) is 4.34. The average Bonchev–Trinajstić information content (AvgIpc) is 2.88. The third-order valence-electron chi connectivity index (χ3n) is 3.76. The van der Waals surface area contributed by atoms with Gasteiger partial charge in [0.25, 0.3) is 0 Å². The van der Waals surface area contributed by atoms with Gasteiger partial charge in [-0.25, -0.2) is 0 Å². The molecule has 0 bridgehead atoms. The van der Waals surface area contributed by atoms with E-state index < -0.39 is 0 Å². The highest BCUT2D eigenvalue weighted by Gasteiger charge is 2.28. The lowest BCUT2D eigenvalue weighted by Crippen LogP contribution is -2.46. The number of nitrogens with one attached hydrogen (secondary N) is 1. The van der Waals surface area contributed by atoms with Crippen LogP contribution in [0.15, 0.2) is 0 Å². The second kappa shape index (κ2) is 5.78.